The lowest BCUT2D eigenvalue weighted by atomic mass is 10.1. The van der Waals surface area contributed by atoms with Gasteiger partial charge < -0.3 is 14.6 Å². The maximum atomic E-state index is 12.2. The van der Waals surface area contributed by atoms with Crippen LogP contribution in [-0.4, -0.2) is 29.7 Å². The predicted octanol–water partition coefficient (Wildman–Crippen LogP) is 4.46. The average Bonchev–Trinajstić information content (AvgIpc) is 3.00. The first kappa shape index (κ1) is 23.1. The number of methoxy groups -OCH3 is 1. The zero-order chi connectivity index (χ0) is 23.4. The third-order valence-electron chi connectivity index (χ3n) is 4.92. The van der Waals surface area contributed by atoms with Crippen LogP contribution in [0, 0.1) is 27.7 Å². The van der Waals surface area contributed by atoms with Gasteiger partial charge in [0.1, 0.15) is 5.75 Å². The zero-order valence-electron chi connectivity index (χ0n) is 18.6. The molecule has 0 fully saturated rings. The number of carbonyl (C=O) groups excluding carboxylic acids is 2. The molecule has 7 nitrogen and oxygen atoms in total. The van der Waals surface area contributed by atoms with E-state index in [1.165, 1.54) is 30.5 Å². The van der Waals surface area contributed by atoms with Gasteiger partial charge in [0.05, 0.1) is 19.0 Å². The summed E-state index contributed by atoms with van der Waals surface area (Å²) in [6.07, 6.45) is 1.52. The number of aryl methyl sites for hydroxylation is 3. The summed E-state index contributed by atoms with van der Waals surface area (Å²) in [7, 11) is 1.46. The molecule has 2 aromatic carbocycles. The molecule has 0 saturated heterocycles. The van der Waals surface area contributed by atoms with Gasteiger partial charge in [0.25, 0.3) is 0 Å². The van der Waals surface area contributed by atoms with Crippen LogP contribution in [0.4, 0.5) is 5.69 Å². The highest BCUT2D eigenvalue weighted by molar-refractivity contribution is 6.40. The Morgan fingerprint density at radius 2 is 1.69 bits per heavy atom. The van der Waals surface area contributed by atoms with Crippen molar-refractivity contribution in [2.75, 3.05) is 12.4 Å². The summed E-state index contributed by atoms with van der Waals surface area (Å²) in [5.74, 6) is -1.41. The lowest BCUT2D eigenvalue weighted by Gasteiger charge is -2.11. The van der Waals surface area contributed by atoms with Crippen molar-refractivity contribution in [2.24, 2.45) is 5.10 Å². The Balaban J connectivity index is 1.72. The van der Waals surface area contributed by atoms with E-state index in [1.54, 1.807) is 12.1 Å². The fraction of sp³-hybridized carbons (Fsp3) is 0.208. The summed E-state index contributed by atoms with van der Waals surface area (Å²) in [6.45, 7) is 8.11. The molecule has 0 aliphatic carbocycles. The number of rotatable bonds is 5. The summed E-state index contributed by atoms with van der Waals surface area (Å²) >= 11 is 5.95. The van der Waals surface area contributed by atoms with Crippen LogP contribution >= 0.6 is 11.6 Å². The van der Waals surface area contributed by atoms with E-state index in [9.17, 15) is 9.59 Å². The highest BCUT2D eigenvalue weighted by atomic mass is 35.5. The van der Waals surface area contributed by atoms with Gasteiger partial charge in [-0.05, 0) is 75.2 Å². The molecule has 0 saturated carbocycles. The molecule has 166 valence electrons. The molecule has 8 heteroatoms. The van der Waals surface area contributed by atoms with Crippen LogP contribution in [0.25, 0.3) is 5.69 Å². The molecule has 0 radical (unpaired) electrons. The minimum absolute atomic E-state index is 0.293. The number of nitrogens with zero attached hydrogens (tertiary/aromatic N) is 2. The van der Waals surface area contributed by atoms with Crippen LogP contribution in [0.3, 0.4) is 0 Å². The predicted molar refractivity (Wildman–Crippen MR) is 127 cm³/mol. The van der Waals surface area contributed by atoms with Crippen molar-refractivity contribution in [3.63, 3.8) is 0 Å². The van der Waals surface area contributed by atoms with E-state index in [0.717, 1.165) is 22.6 Å². The van der Waals surface area contributed by atoms with Gasteiger partial charge in [0.2, 0.25) is 0 Å². The molecule has 0 unspecified atom stereocenters. The largest absolute Gasteiger partial charge is 0.495 e. The van der Waals surface area contributed by atoms with Gasteiger partial charge in [-0.15, -0.1) is 0 Å². The van der Waals surface area contributed by atoms with E-state index in [4.69, 9.17) is 16.3 Å². The number of hydrogen-bond donors (Lipinski definition) is 2. The number of carbonyl (C=O) groups is 2. The molecule has 1 aromatic heterocycles. The number of anilines is 1. The Hall–Kier alpha value is -3.58. The van der Waals surface area contributed by atoms with Crippen molar-refractivity contribution in [3.8, 4) is 11.4 Å². The minimum atomic E-state index is -0.911. The molecule has 0 spiro atoms. The molecule has 32 heavy (non-hydrogen) atoms. The molecule has 0 aliphatic rings. The first-order chi connectivity index (χ1) is 15.2. The third kappa shape index (κ3) is 5.18. The molecule has 0 atom stereocenters. The van der Waals surface area contributed by atoms with Gasteiger partial charge in [-0.2, -0.15) is 5.10 Å². The fourth-order valence-electron chi connectivity index (χ4n) is 3.56. The number of hydrazone groups is 1. The monoisotopic (exact) mass is 452 g/mol. The minimum Gasteiger partial charge on any atom is -0.495 e. The van der Waals surface area contributed by atoms with Gasteiger partial charge in [-0.1, -0.05) is 17.7 Å². The molecule has 3 aromatic rings. The number of halogens is 1. The van der Waals surface area contributed by atoms with E-state index in [1.807, 2.05) is 19.9 Å². The number of ether oxygens (including phenoxy) is 1. The maximum absolute atomic E-state index is 12.2. The molecule has 3 rings (SSSR count). The smallest absolute Gasteiger partial charge is 0.329 e. The van der Waals surface area contributed by atoms with Gasteiger partial charge in [-0.25, -0.2) is 5.43 Å². The van der Waals surface area contributed by atoms with E-state index < -0.39 is 11.8 Å². The van der Waals surface area contributed by atoms with E-state index >= 15 is 0 Å². The van der Waals surface area contributed by atoms with Gasteiger partial charge in [-0.3, -0.25) is 9.59 Å². The second kappa shape index (κ2) is 9.70. The van der Waals surface area contributed by atoms with Crippen LogP contribution in [0.2, 0.25) is 5.02 Å². The lowest BCUT2D eigenvalue weighted by Crippen LogP contribution is -2.32. The third-order valence-corrected chi connectivity index (χ3v) is 5.16. The molecule has 1 heterocycles. The van der Waals surface area contributed by atoms with Crippen LogP contribution < -0.4 is 15.5 Å². The van der Waals surface area contributed by atoms with Crippen molar-refractivity contribution in [1.82, 2.24) is 9.99 Å². The molecular weight excluding hydrogens is 428 g/mol. The average molecular weight is 453 g/mol. The Morgan fingerprint density at radius 3 is 2.34 bits per heavy atom. The number of nitrogens with one attached hydrogen (secondary N) is 2. The number of amides is 2. The summed E-state index contributed by atoms with van der Waals surface area (Å²) in [5.41, 5.74) is 8.80. The maximum Gasteiger partial charge on any atom is 0.329 e. The first-order valence-corrected chi connectivity index (χ1v) is 10.3. The van der Waals surface area contributed by atoms with E-state index in [2.05, 4.69) is 52.5 Å². The summed E-state index contributed by atoms with van der Waals surface area (Å²) in [6, 6.07) is 13.0. The van der Waals surface area contributed by atoms with E-state index in [-0.39, 0.29) is 0 Å². The Morgan fingerprint density at radius 1 is 1.00 bits per heavy atom. The Kier molecular flexibility index (Phi) is 7.00. The normalized spacial score (nSPS) is 10.9. The molecule has 2 N–H and O–H groups in total. The standard InChI is InChI=1S/C24H25ClN4O3/c1-14-8-15(2)10-20(9-14)29-16(3)11-18(17(29)4)13-26-28-24(31)23(30)27-21-12-19(25)6-7-22(21)32-5/h6-13H,1-5H3,(H,27,30)(H,28,31)/b26-13-. The number of aromatic nitrogens is 1. The quantitative estimate of drug-likeness (QED) is 0.340. The van der Waals surface area contributed by atoms with Gasteiger partial charge in [0.15, 0.2) is 0 Å². The van der Waals surface area contributed by atoms with Crippen LogP contribution in [-0.2, 0) is 9.59 Å². The van der Waals surface area contributed by atoms with Crippen molar-refractivity contribution < 1.29 is 14.3 Å². The molecule has 2 amide bonds. The van der Waals surface area contributed by atoms with Crippen LogP contribution in [0.15, 0.2) is 47.6 Å². The lowest BCUT2D eigenvalue weighted by molar-refractivity contribution is -0.136. The highest BCUT2D eigenvalue weighted by Crippen LogP contribution is 2.27. The Bertz CT molecular complexity index is 1190. The van der Waals surface area contributed by atoms with Gasteiger partial charge >= 0.3 is 11.8 Å². The summed E-state index contributed by atoms with van der Waals surface area (Å²) in [4.78, 5) is 24.4. The zero-order valence-corrected chi connectivity index (χ0v) is 19.4. The van der Waals surface area contributed by atoms with Crippen molar-refractivity contribution in [1.29, 1.82) is 0 Å². The molecular formula is C24H25ClN4O3. The summed E-state index contributed by atoms with van der Waals surface area (Å²) in [5, 5.41) is 6.82. The fourth-order valence-corrected chi connectivity index (χ4v) is 3.74. The topological polar surface area (TPSA) is 84.7 Å². The number of benzene rings is 2. The first-order valence-electron chi connectivity index (χ1n) is 9.95. The Labute approximate surface area is 192 Å². The second-order valence-electron chi connectivity index (χ2n) is 7.51. The van der Waals surface area contributed by atoms with Crippen molar-refractivity contribution >= 4 is 35.3 Å². The van der Waals surface area contributed by atoms with Crippen molar-refractivity contribution in [2.45, 2.75) is 27.7 Å². The highest BCUT2D eigenvalue weighted by Gasteiger charge is 2.16. The second-order valence-corrected chi connectivity index (χ2v) is 7.94. The SMILES string of the molecule is COc1ccc(Cl)cc1NC(=O)C(=O)N/N=C\c1cc(C)n(-c2cc(C)cc(C)c2)c1C. The molecule has 0 bridgehead atoms. The molecule has 0 aliphatic heterocycles. The van der Waals surface area contributed by atoms with Gasteiger partial charge in [0, 0.05) is 27.7 Å². The number of hydrogen-bond acceptors (Lipinski definition) is 4. The van der Waals surface area contributed by atoms with Crippen LogP contribution in [0.5, 0.6) is 5.75 Å². The van der Waals surface area contributed by atoms with E-state index in [0.29, 0.717) is 16.5 Å². The van der Waals surface area contributed by atoms with Crippen LogP contribution in [0.1, 0.15) is 28.1 Å². The van der Waals surface area contributed by atoms with Crippen molar-refractivity contribution in [3.05, 3.63) is 75.6 Å². The summed E-state index contributed by atoms with van der Waals surface area (Å²) < 4.78 is 7.29.